The van der Waals surface area contributed by atoms with Crippen LogP contribution >= 0.6 is 11.6 Å². The second-order valence-electron chi connectivity index (χ2n) is 3.64. The Bertz CT molecular complexity index is 385. The van der Waals surface area contributed by atoms with Gasteiger partial charge in [-0.1, -0.05) is 11.6 Å². The van der Waals surface area contributed by atoms with Crippen molar-refractivity contribution in [2.75, 3.05) is 13.2 Å². The summed E-state index contributed by atoms with van der Waals surface area (Å²) in [6.07, 6.45) is 1.56. The number of nitrogens with one attached hydrogen (secondary N) is 1. The fraction of sp³-hybridized carbons (Fsp3) is 0.455. The molecule has 0 spiro atoms. The third kappa shape index (κ3) is 4.68. The monoisotopic (exact) mass is 258 g/mol. The lowest BCUT2D eigenvalue weighted by molar-refractivity contribution is -0.385. The van der Waals surface area contributed by atoms with Crippen molar-refractivity contribution in [2.45, 2.75) is 19.4 Å². The van der Waals surface area contributed by atoms with Crippen molar-refractivity contribution in [1.29, 1.82) is 0 Å². The first-order chi connectivity index (χ1) is 8.15. The molecular weight excluding hydrogens is 244 g/mol. The third-order valence-corrected chi connectivity index (χ3v) is 2.55. The number of nitrogens with zero attached hydrogens (tertiary/aromatic N) is 1. The van der Waals surface area contributed by atoms with E-state index in [9.17, 15) is 10.1 Å². The minimum atomic E-state index is -0.416. The van der Waals surface area contributed by atoms with E-state index in [0.717, 1.165) is 12.8 Å². The van der Waals surface area contributed by atoms with Crippen LogP contribution in [-0.4, -0.2) is 23.2 Å². The van der Waals surface area contributed by atoms with Crippen LogP contribution in [0.15, 0.2) is 18.2 Å². The fourth-order valence-corrected chi connectivity index (χ4v) is 1.65. The first-order valence-corrected chi connectivity index (χ1v) is 5.77. The van der Waals surface area contributed by atoms with Crippen LogP contribution in [0.5, 0.6) is 0 Å². The molecule has 1 aromatic carbocycles. The summed E-state index contributed by atoms with van der Waals surface area (Å²) in [5.41, 5.74) is 0.649. The van der Waals surface area contributed by atoms with E-state index in [4.69, 9.17) is 16.7 Å². The predicted octanol–water partition coefficient (Wildman–Crippen LogP) is 2.11. The number of halogens is 1. The molecule has 0 aromatic heterocycles. The van der Waals surface area contributed by atoms with Gasteiger partial charge in [-0.15, -0.1) is 0 Å². The first kappa shape index (κ1) is 13.9. The van der Waals surface area contributed by atoms with E-state index in [1.54, 1.807) is 6.07 Å². The molecule has 1 rings (SSSR count). The molecule has 0 aliphatic heterocycles. The SMILES string of the molecule is O=[N+]([O-])c1ccc(Cl)cc1CNCCCCO. The number of nitro benzene ring substituents is 1. The second-order valence-corrected chi connectivity index (χ2v) is 4.07. The maximum Gasteiger partial charge on any atom is 0.273 e. The molecule has 0 aliphatic carbocycles. The van der Waals surface area contributed by atoms with E-state index >= 15 is 0 Å². The largest absolute Gasteiger partial charge is 0.396 e. The Hall–Kier alpha value is -1.17. The Morgan fingerprint density at radius 1 is 1.41 bits per heavy atom. The number of aliphatic hydroxyl groups excluding tert-OH is 1. The van der Waals surface area contributed by atoms with Crippen LogP contribution in [0.4, 0.5) is 5.69 Å². The molecule has 0 heterocycles. The normalized spacial score (nSPS) is 10.5. The van der Waals surface area contributed by atoms with Gasteiger partial charge in [0.25, 0.3) is 5.69 Å². The average Bonchev–Trinajstić information content (AvgIpc) is 2.28. The number of benzene rings is 1. The minimum absolute atomic E-state index is 0.0732. The molecule has 5 nitrogen and oxygen atoms in total. The summed E-state index contributed by atoms with van der Waals surface area (Å²) in [7, 11) is 0. The van der Waals surface area contributed by atoms with E-state index in [1.807, 2.05) is 0 Å². The second kappa shape index (κ2) is 7.21. The van der Waals surface area contributed by atoms with Gasteiger partial charge in [0.1, 0.15) is 0 Å². The van der Waals surface area contributed by atoms with Gasteiger partial charge in [-0.2, -0.15) is 0 Å². The van der Waals surface area contributed by atoms with E-state index in [2.05, 4.69) is 5.32 Å². The maximum atomic E-state index is 10.8. The van der Waals surface area contributed by atoms with Gasteiger partial charge in [-0.3, -0.25) is 10.1 Å². The van der Waals surface area contributed by atoms with E-state index in [0.29, 0.717) is 23.7 Å². The average molecular weight is 259 g/mol. The zero-order chi connectivity index (χ0) is 12.7. The smallest absolute Gasteiger partial charge is 0.273 e. The third-order valence-electron chi connectivity index (χ3n) is 2.32. The zero-order valence-electron chi connectivity index (χ0n) is 9.36. The van der Waals surface area contributed by atoms with Gasteiger partial charge in [-0.25, -0.2) is 0 Å². The molecule has 0 saturated carbocycles. The molecule has 0 unspecified atom stereocenters. The highest BCUT2D eigenvalue weighted by Gasteiger charge is 2.12. The van der Waals surface area contributed by atoms with E-state index < -0.39 is 4.92 Å². The predicted molar refractivity (Wildman–Crippen MR) is 66.1 cm³/mol. The molecule has 17 heavy (non-hydrogen) atoms. The summed E-state index contributed by atoms with van der Waals surface area (Å²) < 4.78 is 0. The van der Waals surface area contributed by atoms with Crippen LogP contribution in [0.1, 0.15) is 18.4 Å². The lowest BCUT2D eigenvalue weighted by atomic mass is 10.2. The quantitative estimate of drug-likeness (QED) is 0.446. The van der Waals surface area contributed by atoms with Crippen LogP contribution < -0.4 is 5.32 Å². The topological polar surface area (TPSA) is 75.4 Å². The highest BCUT2D eigenvalue weighted by Crippen LogP contribution is 2.22. The number of rotatable bonds is 7. The standard InChI is InChI=1S/C11H15ClN2O3/c12-10-3-4-11(14(16)17)9(7-10)8-13-5-1-2-6-15/h3-4,7,13,15H,1-2,5-6,8H2. The molecule has 0 radical (unpaired) electrons. The molecule has 0 atom stereocenters. The van der Waals surface area contributed by atoms with Crippen LogP contribution in [0.3, 0.4) is 0 Å². The Morgan fingerprint density at radius 3 is 2.82 bits per heavy atom. The summed E-state index contributed by atoms with van der Waals surface area (Å²) in [4.78, 5) is 10.4. The number of hydrogen-bond acceptors (Lipinski definition) is 4. The summed E-state index contributed by atoms with van der Waals surface area (Å²) in [6, 6.07) is 4.51. The molecule has 0 saturated heterocycles. The highest BCUT2D eigenvalue weighted by molar-refractivity contribution is 6.30. The van der Waals surface area contributed by atoms with Crippen LogP contribution in [0.2, 0.25) is 5.02 Å². The molecule has 0 fully saturated rings. The lowest BCUT2D eigenvalue weighted by Gasteiger charge is -2.05. The zero-order valence-corrected chi connectivity index (χ0v) is 10.1. The number of aliphatic hydroxyl groups is 1. The Morgan fingerprint density at radius 2 is 2.18 bits per heavy atom. The number of unbranched alkanes of at least 4 members (excludes halogenated alkanes) is 1. The Labute approximate surface area is 105 Å². The van der Waals surface area contributed by atoms with Crippen LogP contribution in [0.25, 0.3) is 0 Å². The molecule has 1 aromatic rings. The summed E-state index contributed by atoms with van der Waals surface area (Å²) >= 11 is 5.80. The van der Waals surface area contributed by atoms with Gasteiger partial charge in [0, 0.05) is 29.8 Å². The van der Waals surface area contributed by atoms with E-state index in [-0.39, 0.29) is 12.3 Å². The van der Waals surface area contributed by atoms with Crippen LogP contribution in [-0.2, 0) is 6.54 Å². The van der Waals surface area contributed by atoms with Crippen molar-refractivity contribution < 1.29 is 10.0 Å². The van der Waals surface area contributed by atoms with E-state index in [1.165, 1.54) is 12.1 Å². The van der Waals surface area contributed by atoms with Gasteiger partial charge in [0.15, 0.2) is 0 Å². The molecule has 2 N–H and O–H groups in total. The molecular formula is C11H15ClN2O3. The molecule has 6 heteroatoms. The van der Waals surface area contributed by atoms with Gasteiger partial charge >= 0.3 is 0 Å². The van der Waals surface area contributed by atoms with Crippen molar-refractivity contribution in [3.63, 3.8) is 0 Å². The number of hydrogen-bond donors (Lipinski definition) is 2. The van der Waals surface area contributed by atoms with Crippen molar-refractivity contribution in [3.05, 3.63) is 38.9 Å². The van der Waals surface area contributed by atoms with Crippen molar-refractivity contribution in [3.8, 4) is 0 Å². The first-order valence-electron chi connectivity index (χ1n) is 5.39. The highest BCUT2D eigenvalue weighted by atomic mass is 35.5. The summed E-state index contributed by atoms with van der Waals surface area (Å²) in [5.74, 6) is 0. The maximum absolute atomic E-state index is 10.8. The van der Waals surface area contributed by atoms with Gasteiger partial charge in [0.05, 0.1) is 4.92 Å². The van der Waals surface area contributed by atoms with Crippen molar-refractivity contribution in [2.24, 2.45) is 0 Å². The Kier molecular flexibility index (Phi) is 5.90. The number of nitro groups is 1. The lowest BCUT2D eigenvalue weighted by Crippen LogP contribution is -2.16. The van der Waals surface area contributed by atoms with Crippen molar-refractivity contribution in [1.82, 2.24) is 5.32 Å². The van der Waals surface area contributed by atoms with Crippen LogP contribution in [0, 0.1) is 10.1 Å². The van der Waals surface area contributed by atoms with Gasteiger partial charge in [0.2, 0.25) is 0 Å². The molecule has 0 bridgehead atoms. The molecule has 94 valence electrons. The van der Waals surface area contributed by atoms with Gasteiger partial charge < -0.3 is 10.4 Å². The fourth-order valence-electron chi connectivity index (χ4n) is 1.46. The molecule has 0 aliphatic rings. The Balaban J connectivity index is 2.56. The summed E-state index contributed by atoms with van der Waals surface area (Å²) in [5, 5.41) is 22.9. The summed E-state index contributed by atoms with van der Waals surface area (Å²) in [6.45, 7) is 1.28. The molecule has 0 amide bonds. The van der Waals surface area contributed by atoms with Gasteiger partial charge in [-0.05, 0) is 31.5 Å². The minimum Gasteiger partial charge on any atom is -0.396 e. The van der Waals surface area contributed by atoms with Crippen molar-refractivity contribution >= 4 is 17.3 Å².